The van der Waals surface area contributed by atoms with Gasteiger partial charge in [-0.2, -0.15) is 0 Å². The van der Waals surface area contributed by atoms with Gasteiger partial charge in [0, 0.05) is 36.7 Å². The zero-order chi connectivity index (χ0) is 64.4. The fraction of sp³-hybridized carbons (Fsp3) is 0.343. The van der Waals surface area contributed by atoms with Crippen molar-refractivity contribution in [2.75, 3.05) is 5.32 Å². The lowest BCUT2D eigenvalue weighted by Gasteiger charge is -2.28. The number of benzene rings is 5. The monoisotopic (exact) mass is 1220 g/mol. The molecule has 22 nitrogen and oxygen atoms in total. The number of phenolic OH excluding ortho intramolecular Hbond substituents is 1. The number of hydrogen-bond donors (Lipinski definition) is 7. The molecule has 22 heteroatoms. The molecule has 7 aromatic rings. The third-order valence-electron chi connectivity index (χ3n) is 13.4. The van der Waals surface area contributed by atoms with Crippen LogP contribution in [0, 0.1) is 5.92 Å². The van der Waals surface area contributed by atoms with Crippen molar-refractivity contribution in [2.24, 2.45) is 5.92 Å². The van der Waals surface area contributed by atoms with Gasteiger partial charge in [-0.3, -0.25) is 38.0 Å². The molecule has 5 amide bonds. The van der Waals surface area contributed by atoms with E-state index >= 15 is 0 Å². The van der Waals surface area contributed by atoms with Crippen LogP contribution in [0.4, 0.5) is 10.5 Å². The van der Waals surface area contributed by atoms with Gasteiger partial charge in [-0.05, 0) is 113 Å². The summed E-state index contributed by atoms with van der Waals surface area (Å²) in [5, 5.41) is 32.6. The molecule has 0 saturated heterocycles. The molecule has 0 aliphatic heterocycles. The maximum Gasteiger partial charge on any atom is 0.408 e. The van der Waals surface area contributed by atoms with Crippen LogP contribution in [0.15, 0.2) is 146 Å². The Kier molecular flexibility index (Phi) is 22.7. The van der Waals surface area contributed by atoms with E-state index in [1.54, 1.807) is 134 Å². The summed E-state index contributed by atoms with van der Waals surface area (Å²) in [6.07, 6.45) is -0.692. The van der Waals surface area contributed by atoms with Gasteiger partial charge in [0.25, 0.3) is 0 Å². The van der Waals surface area contributed by atoms with Crippen molar-refractivity contribution in [3.05, 3.63) is 179 Å². The van der Waals surface area contributed by atoms with Crippen molar-refractivity contribution in [3.63, 3.8) is 0 Å². The van der Waals surface area contributed by atoms with Crippen molar-refractivity contribution >= 4 is 59.0 Å². The highest BCUT2D eigenvalue weighted by Gasteiger charge is 2.36. The van der Waals surface area contributed by atoms with Gasteiger partial charge in [0.1, 0.15) is 60.0 Å². The number of phenols is 1. The van der Waals surface area contributed by atoms with Gasteiger partial charge in [-0.1, -0.05) is 117 Å². The highest BCUT2D eigenvalue weighted by atomic mass is 16.6. The van der Waals surface area contributed by atoms with Gasteiger partial charge in [0.2, 0.25) is 29.5 Å². The lowest BCUT2D eigenvalue weighted by Crippen LogP contribution is -2.59. The number of carboxylic acids is 1. The van der Waals surface area contributed by atoms with E-state index in [1.165, 1.54) is 0 Å². The van der Waals surface area contributed by atoms with Crippen LogP contribution in [0.25, 0.3) is 16.9 Å². The fourth-order valence-electron chi connectivity index (χ4n) is 9.23. The van der Waals surface area contributed by atoms with E-state index in [0.717, 1.165) is 16.7 Å². The molecule has 0 fully saturated rings. The van der Waals surface area contributed by atoms with Crippen LogP contribution >= 0.6 is 0 Å². The number of hydrogen-bond acceptors (Lipinski definition) is 15. The van der Waals surface area contributed by atoms with E-state index < -0.39 is 115 Å². The molecular formula is C67H76N8O14. The maximum atomic E-state index is 14.3. The Morgan fingerprint density at radius 2 is 1.08 bits per heavy atom. The second-order valence-electron chi connectivity index (χ2n) is 23.6. The van der Waals surface area contributed by atoms with Crippen molar-refractivity contribution in [2.45, 2.75) is 142 Å². The molecule has 0 aliphatic rings. The van der Waals surface area contributed by atoms with Crippen LogP contribution in [0.5, 0.6) is 11.6 Å². The van der Waals surface area contributed by atoms with E-state index in [0.29, 0.717) is 52.6 Å². The number of carboxylic acid groups (broad SMARTS) is 1. The lowest BCUT2D eigenvalue weighted by atomic mass is 10.0. The standard InChI is InChI=1S/C67H76N8O14/c1-41(2)58(74-60(81)49(32-33-56(79)88-66(3,4)5)71-62(83)52(37-57(80)89-67(6,7)8)73-65(85)87-40-44-22-16-11-17-23-44)63(84)72-51(36-55(77)78)61(82)68-47-28-24-45(25-29-47)39-86-64-53(35-43-20-14-10-15-21-43)70-59-50(34-42-18-12-9-13-19-42)69-54(38-75(59)64)46-26-30-48(76)31-27-46/h9-31,38,41,49,51-52,58,76H,32-37,39-40H2,1-8H3,(H,68,82)(H,71,83)(H,72,84)(H,73,85)(H,74,81)(H,77,78). The third kappa shape index (κ3) is 20.8. The number of carbonyl (C=O) groups excluding carboxylic acids is 7. The summed E-state index contributed by atoms with van der Waals surface area (Å²) < 4.78 is 24.7. The van der Waals surface area contributed by atoms with Gasteiger partial charge in [0.15, 0.2) is 5.65 Å². The van der Waals surface area contributed by atoms with Crippen molar-refractivity contribution in [1.29, 1.82) is 0 Å². The minimum Gasteiger partial charge on any atom is -0.508 e. The number of esters is 2. The predicted molar refractivity (Wildman–Crippen MR) is 330 cm³/mol. The van der Waals surface area contributed by atoms with E-state index in [-0.39, 0.29) is 24.7 Å². The number of aromatic hydroxyl groups is 1. The van der Waals surface area contributed by atoms with E-state index in [2.05, 4.69) is 26.6 Å². The van der Waals surface area contributed by atoms with Crippen LogP contribution in [0.2, 0.25) is 0 Å². The number of amides is 5. The van der Waals surface area contributed by atoms with E-state index in [4.69, 9.17) is 28.9 Å². The summed E-state index contributed by atoms with van der Waals surface area (Å²) in [5.74, 6) is -7.05. The number of alkyl carbamates (subject to hydrolysis) is 1. The summed E-state index contributed by atoms with van der Waals surface area (Å²) >= 11 is 0. The van der Waals surface area contributed by atoms with Crippen molar-refractivity contribution in [3.8, 4) is 22.9 Å². The normalized spacial score (nSPS) is 12.8. The summed E-state index contributed by atoms with van der Waals surface area (Å²) in [5.41, 5.74) is 5.03. The van der Waals surface area contributed by atoms with Gasteiger partial charge in [-0.15, -0.1) is 0 Å². The number of fused-ring (bicyclic) bond motifs is 1. The Bertz CT molecular complexity index is 3590. The SMILES string of the molecule is CC(C)C(NC(=O)C(CCC(=O)OC(C)(C)C)NC(=O)C(CC(=O)OC(C)(C)C)NC(=O)OCc1ccccc1)C(=O)NC(CC(=O)O)C(=O)Nc1ccc(COc2c(Cc3ccccc3)nc3c(Cc4ccccc4)nc(-c4ccc(O)cc4)cn23)cc1. The number of rotatable bonds is 27. The summed E-state index contributed by atoms with van der Waals surface area (Å²) in [6, 6.07) is 35.3. The van der Waals surface area contributed by atoms with Gasteiger partial charge >= 0.3 is 24.0 Å². The van der Waals surface area contributed by atoms with Crippen LogP contribution < -0.4 is 31.3 Å². The minimum absolute atomic E-state index is 0.0492. The van der Waals surface area contributed by atoms with Crippen LogP contribution in [-0.4, -0.2) is 108 Å². The Labute approximate surface area is 516 Å². The summed E-state index contributed by atoms with van der Waals surface area (Å²) in [7, 11) is 0. The first-order valence-electron chi connectivity index (χ1n) is 29.1. The average molecular weight is 1220 g/mol. The molecule has 0 saturated carbocycles. The van der Waals surface area contributed by atoms with Gasteiger partial charge < -0.3 is 55.7 Å². The molecular weight excluding hydrogens is 1140 g/mol. The molecule has 0 bridgehead atoms. The Hall–Kier alpha value is -10.1. The second kappa shape index (κ2) is 30.5. The zero-order valence-corrected chi connectivity index (χ0v) is 51.0. The fourth-order valence-corrected chi connectivity index (χ4v) is 9.23. The number of aromatic nitrogens is 3. The Morgan fingerprint density at radius 1 is 0.551 bits per heavy atom. The highest BCUT2D eigenvalue weighted by molar-refractivity contribution is 6.01. The molecule has 4 atom stereocenters. The van der Waals surface area contributed by atoms with Crippen LogP contribution in [0.1, 0.15) is 115 Å². The quantitative estimate of drug-likeness (QED) is 0.0187. The molecule has 2 aromatic heterocycles. The molecule has 89 heavy (non-hydrogen) atoms. The first-order chi connectivity index (χ1) is 42.2. The molecule has 0 radical (unpaired) electrons. The first-order valence-corrected chi connectivity index (χ1v) is 29.1. The number of carbonyl (C=O) groups is 8. The second-order valence-corrected chi connectivity index (χ2v) is 23.6. The van der Waals surface area contributed by atoms with E-state index in [9.17, 15) is 48.6 Å². The largest absolute Gasteiger partial charge is 0.508 e. The van der Waals surface area contributed by atoms with Crippen LogP contribution in [0.3, 0.4) is 0 Å². The van der Waals surface area contributed by atoms with Crippen LogP contribution in [-0.2, 0) is 73.8 Å². The predicted octanol–water partition coefficient (Wildman–Crippen LogP) is 8.53. The number of aliphatic carboxylic acids is 1. The van der Waals surface area contributed by atoms with E-state index in [1.807, 2.05) is 71.3 Å². The molecule has 4 unspecified atom stereocenters. The number of ether oxygens (including phenoxy) is 4. The highest BCUT2D eigenvalue weighted by Crippen LogP contribution is 2.31. The minimum atomic E-state index is -1.67. The molecule has 0 aliphatic carbocycles. The molecule has 0 spiro atoms. The van der Waals surface area contributed by atoms with Gasteiger partial charge in [0.05, 0.1) is 24.2 Å². The lowest BCUT2D eigenvalue weighted by molar-refractivity contribution is -0.156. The molecule has 7 N–H and O–H groups in total. The molecule has 468 valence electrons. The topological polar surface area (TPSA) is 304 Å². The summed E-state index contributed by atoms with van der Waals surface area (Å²) in [6.45, 7) is 12.8. The number of nitrogens with one attached hydrogen (secondary N) is 5. The molecule has 7 rings (SSSR count). The molecule has 2 heterocycles. The maximum absolute atomic E-state index is 14.3. The first kappa shape index (κ1) is 66.4. The molecule has 5 aromatic carbocycles. The summed E-state index contributed by atoms with van der Waals surface area (Å²) in [4.78, 5) is 118. The Morgan fingerprint density at radius 3 is 1.65 bits per heavy atom. The smallest absolute Gasteiger partial charge is 0.408 e. The van der Waals surface area contributed by atoms with Crippen molar-refractivity contribution < 1.29 is 67.5 Å². The third-order valence-corrected chi connectivity index (χ3v) is 13.4. The number of imidazole rings is 1. The Balaban J connectivity index is 1.07. The van der Waals surface area contributed by atoms with Gasteiger partial charge in [-0.25, -0.2) is 14.8 Å². The van der Waals surface area contributed by atoms with Crippen molar-refractivity contribution in [1.82, 2.24) is 35.6 Å². The number of nitrogens with zero attached hydrogens (tertiary/aromatic N) is 3. The average Bonchev–Trinajstić information content (AvgIpc) is 1.84. The zero-order valence-electron chi connectivity index (χ0n) is 51.0. The number of anilines is 1.